The molecule has 1 saturated carbocycles. The third kappa shape index (κ3) is 3.64. The Kier molecular flexibility index (Phi) is 4.88. The van der Waals surface area contributed by atoms with E-state index in [9.17, 15) is 9.90 Å². The number of rotatable bonds is 7. The lowest BCUT2D eigenvalue weighted by molar-refractivity contribution is 0.0697. The predicted molar refractivity (Wildman–Crippen MR) is 110 cm³/mol. The molecule has 0 saturated heterocycles. The first-order chi connectivity index (χ1) is 13.6. The topological polar surface area (TPSA) is 76.4 Å². The summed E-state index contributed by atoms with van der Waals surface area (Å²) in [5.41, 5.74) is 4.13. The highest BCUT2D eigenvalue weighted by molar-refractivity contribution is 5.96. The Balaban J connectivity index is 1.72. The molecule has 1 aliphatic carbocycles. The molecule has 6 nitrogen and oxygen atoms in total. The lowest BCUT2D eigenvalue weighted by atomic mass is 10.1. The summed E-state index contributed by atoms with van der Waals surface area (Å²) >= 11 is 0. The second kappa shape index (κ2) is 7.48. The number of aromatic nitrogens is 2. The normalized spacial score (nSPS) is 14.1. The first-order valence-electron chi connectivity index (χ1n) is 9.31. The van der Waals surface area contributed by atoms with E-state index in [1.165, 1.54) is 0 Å². The van der Waals surface area contributed by atoms with E-state index in [-0.39, 0.29) is 5.56 Å². The van der Waals surface area contributed by atoms with Crippen LogP contribution in [-0.2, 0) is 11.8 Å². The zero-order valence-corrected chi connectivity index (χ0v) is 16.0. The monoisotopic (exact) mass is 377 g/mol. The van der Waals surface area contributed by atoms with Gasteiger partial charge in [0.2, 0.25) is 0 Å². The summed E-state index contributed by atoms with van der Waals surface area (Å²) < 4.78 is 7.17. The standard InChI is InChI=1S/C22H23N3O3/c1-25-8-7-16-11-18(10-15(20(16)25)4-3-9-28-2)24-21-19(22(26)27)12-17(13-23-21)14-5-6-14/h3-4,7-8,10-14H,5-6,9H2,1-2H3,(H,23,24)(H,26,27). The number of nitrogens with zero attached hydrogens (tertiary/aromatic N) is 2. The second-order valence-corrected chi connectivity index (χ2v) is 7.16. The number of anilines is 2. The number of aryl methyl sites for hydroxylation is 1. The molecule has 0 amide bonds. The third-order valence-electron chi connectivity index (χ3n) is 5.01. The highest BCUT2D eigenvalue weighted by atomic mass is 16.5. The Labute approximate surface area is 163 Å². The summed E-state index contributed by atoms with van der Waals surface area (Å²) in [6.07, 6.45) is 9.97. The Morgan fingerprint density at radius 1 is 1.39 bits per heavy atom. The molecule has 2 aromatic heterocycles. The van der Waals surface area contributed by atoms with Crippen LogP contribution in [0.15, 0.2) is 42.7 Å². The van der Waals surface area contributed by atoms with Crippen LogP contribution < -0.4 is 5.32 Å². The van der Waals surface area contributed by atoms with Gasteiger partial charge < -0.3 is 19.7 Å². The van der Waals surface area contributed by atoms with Crippen molar-refractivity contribution in [1.82, 2.24) is 9.55 Å². The van der Waals surface area contributed by atoms with Gasteiger partial charge in [0.25, 0.3) is 0 Å². The van der Waals surface area contributed by atoms with Gasteiger partial charge in [0.05, 0.1) is 12.1 Å². The Morgan fingerprint density at radius 3 is 2.93 bits per heavy atom. The van der Waals surface area contributed by atoms with Crippen molar-refractivity contribution >= 4 is 34.5 Å². The van der Waals surface area contributed by atoms with Crippen LogP contribution in [0.3, 0.4) is 0 Å². The van der Waals surface area contributed by atoms with Gasteiger partial charge in [-0.25, -0.2) is 9.78 Å². The summed E-state index contributed by atoms with van der Waals surface area (Å²) in [4.78, 5) is 16.2. The number of carboxylic acids is 1. The van der Waals surface area contributed by atoms with Crippen molar-refractivity contribution < 1.29 is 14.6 Å². The minimum absolute atomic E-state index is 0.203. The minimum Gasteiger partial charge on any atom is -0.478 e. The molecule has 0 radical (unpaired) electrons. The summed E-state index contributed by atoms with van der Waals surface area (Å²) in [5, 5.41) is 13.9. The van der Waals surface area contributed by atoms with Crippen molar-refractivity contribution in [2.45, 2.75) is 18.8 Å². The van der Waals surface area contributed by atoms with E-state index >= 15 is 0 Å². The number of carbonyl (C=O) groups is 1. The van der Waals surface area contributed by atoms with Crippen LogP contribution in [0.2, 0.25) is 0 Å². The molecule has 28 heavy (non-hydrogen) atoms. The van der Waals surface area contributed by atoms with Gasteiger partial charge in [0.15, 0.2) is 0 Å². The zero-order chi connectivity index (χ0) is 19.7. The molecule has 2 heterocycles. The molecule has 144 valence electrons. The average Bonchev–Trinajstić information content (AvgIpc) is 3.45. The van der Waals surface area contributed by atoms with Gasteiger partial charge in [-0.2, -0.15) is 0 Å². The van der Waals surface area contributed by atoms with Gasteiger partial charge in [0.1, 0.15) is 11.4 Å². The van der Waals surface area contributed by atoms with Crippen molar-refractivity contribution in [2.75, 3.05) is 19.0 Å². The SMILES string of the molecule is COCC=Cc1cc(Nc2ncc(C3CC3)cc2C(=O)O)cc2ccn(C)c12. The number of hydrogen-bond donors (Lipinski definition) is 2. The van der Waals surface area contributed by atoms with Gasteiger partial charge in [-0.05, 0) is 48.6 Å². The van der Waals surface area contributed by atoms with Crippen molar-refractivity contribution in [3.05, 3.63) is 59.4 Å². The van der Waals surface area contributed by atoms with Gasteiger partial charge in [-0.15, -0.1) is 0 Å². The molecule has 1 aliphatic rings. The molecule has 0 atom stereocenters. The first kappa shape index (κ1) is 18.3. The molecule has 0 unspecified atom stereocenters. The van der Waals surface area contributed by atoms with E-state index < -0.39 is 5.97 Å². The highest BCUT2D eigenvalue weighted by Crippen LogP contribution is 2.40. The van der Waals surface area contributed by atoms with Crippen LogP contribution in [0, 0.1) is 0 Å². The molecule has 1 fully saturated rings. The van der Waals surface area contributed by atoms with Crippen molar-refractivity contribution in [2.24, 2.45) is 7.05 Å². The number of carboxylic acid groups (broad SMARTS) is 1. The van der Waals surface area contributed by atoms with E-state index in [1.807, 2.05) is 43.6 Å². The van der Waals surface area contributed by atoms with Crippen LogP contribution in [-0.4, -0.2) is 34.3 Å². The maximum absolute atomic E-state index is 11.8. The zero-order valence-electron chi connectivity index (χ0n) is 16.0. The number of aromatic carboxylic acids is 1. The van der Waals surface area contributed by atoms with Crippen molar-refractivity contribution in [3.63, 3.8) is 0 Å². The minimum atomic E-state index is -0.974. The van der Waals surface area contributed by atoms with Crippen LogP contribution in [0.5, 0.6) is 0 Å². The number of fused-ring (bicyclic) bond motifs is 1. The van der Waals surface area contributed by atoms with E-state index in [0.29, 0.717) is 18.3 Å². The molecule has 3 aromatic rings. The molecule has 6 heteroatoms. The maximum Gasteiger partial charge on any atom is 0.339 e. The van der Waals surface area contributed by atoms with Crippen molar-refractivity contribution in [3.8, 4) is 0 Å². The Morgan fingerprint density at radius 2 is 2.21 bits per heavy atom. The third-order valence-corrected chi connectivity index (χ3v) is 5.01. The van der Waals surface area contributed by atoms with Gasteiger partial charge in [-0.3, -0.25) is 0 Å². The average molecular weight is 377 g/mol. The molecule has 4 rings (SSSR count). The lowest BCUT2D eigenvalue weighted by Crippen LogP contribution is -2.06. The predicted octanol–water partition coefficient (Wildman–Crippen LogP) is 4.55. The fraction of sp³-hybridized carbons (Fsp3) is 0.273. The van der Waals surface area contributed by atoms with Crippen LogP contribution in [0.25, 0.3) is 17.0 Å². The quantitative estimate of drug-likeness (QED) is 0.632. The number of nitrogens with one attached hydrogen (secondary N) is 1. The van der Waals surface area contributed by atoms with E-state index in [1.54, 1.807) is 19.4 Å². The Hall–Kier alpha value is -3.12. The lowest BCUT2D eigenvalue weighted by Gasteiger charge is -2.12. The van der Waals surface area contributed by atoms with E-state index in [4.69, 9.17) is 4.74 Å². The van der Waals surface area contributed by atoms with Crippen LogP contribution in [0.4, 0.5) is 11.5 Å². The van der Waals surface area contributed by atoms with E-state index in [2.05, 4.69) is 14.9 Å². The van der Waals surface area contributed by atoms with E-state index in [0.717, 1.165) is 40.6 Å². The number of benzene rings is 1. The maximum atomic E-state index is 11.8. The molecule has 0 bridgehead atoms. The van der Waals surface area contributed by atoms with Gasteiger partial charge in [-0.1, -0.05) is 12.2 Å². The molecule has 0 spiro atoms. The molecular weight excluding hydrogens is 354 g/mol. The molecular formula is C22H23N3O3. The molecule has 0 aliphatic heterocycles. The van der Waals surface area contributed by atoms with Crippen molar-refractivity contribution in [1.29, 1.82) is 0 Å². The van der Waals surface area contributed by atoms with Crippen LogP contribution in [0.1, 0.15) is 40.2 Å². The first-order valence-corrected chi connectivity index (χ1v) is 9.31. The van der Waals surface area contributed by atoms with Gasteiger partial charge >= 0.3 is 5.97 Å². The summed E-state index contributed by atoms with van der Waals surface area (Å²) in [6, 6.07) is 7.79. The number of ether oxygens (including phenoxy) is 1. The smallest absolute Gasteiger partial charge is 0.339 e. The summed E-state index contributed by atoms with van der Waals surface area (Å²) in [5.74, 6) is -0.157. The molecule has 1 aromatic carbocycles. The Bertz CT molecular complexity index is 1060. The number of hydrogen-bond acceptors (Lipinski definition) is 4. The summed E-state index contributed by atoms with van der Waals surface area (Å²) in [6.45, 7) is 0.525. The largest absolute Gasteiger partial charge is 0.478 e. The summed E-state index contributed by atoms with van der Waals surface area (Å²) in [7, 11) is 3.66. The highest BCUT2D eigenvalue weighted by Gasteiger charge is 2.26. The fourth-order valence-corrected chi connectivity index (χ4v) is 3.47. The van der Waals surface area contributed by atoms with Crippen LogP contribution >= 0.6 is 0 Å². The second-order valence-electron chi connectivity index (χ2n) is 7.16. The molecule has 2 N–H and O–H groups in total. The fourth-order valence-electron chi connectivity index (χ4n) is 3.47. The number of pyridine rings is 1. The number of methoxy groups -OCH3 is 1. The van der Waals surface area contributed by atoms with Gasteiger partial charge in [0, 0.05) is 43.2 Å².